The molecule has 0 saturated carbocycles. The first-order valence-corrected chi connectivity index (χ1v) is 7.82. The molecule has 0 bridgehead atoms. The van der Waals surface area contributed by atoms with Crippen LogP contribution in [-0.4, -0.2) is 6.61 Å². The molecule has 2 nitrogen and oxygen atoms in total. The minimum absolute atomic E-state index is 0.447. The number of ether oxygens (including phenoxy) is 1. The summed E-state index contributed by atoms with van der Waals surface area (Å²) in [6.07, 6.45) is 0. The van der Waals surface area contributed by atoms with Crippen LogP contribution in [0.5, 0.6) is 5.75 Å². The molecular weight excluding hydrogens is 352 g/mol. The van der Waals surface area contributed by atoms with Gasteiger partial charge in [-0.05, 0) is 37.3 Å². The van der Waals surface area contributed by atoms with E-state index < -0.39 is 0 Å². The number of hydrogen-bond donors (Lipinski definition) is 1. The Morgan fingerprint density at radius 3 is 2.33 bits per heavy atom. The molecule has 21 heavy (non-hydrogen) atoms. The monoisotopic (exact) mass is 363 g/mol. The second-order valence-electron chi connectivity index (χ2n) is 4.25. The molecule has 0 spiro atoms. The van der Waals surface area contributed by atoms with Gasteiger partial charge in [0.15, 0.2) is 0 Å². The Hall–Kier alpha value is -0.800. The van der Waals surface area contributed by atoms with Gasteiger partial charge in [-0.3, -0.25) is 0 Å². The van der Waals surface area contributed by atoms with Crippen molar-refractivity contribution in [2.24, 2.45) is 0 Å². The molecule has 6 heteroatoms. The van der Waals surface area contributed by atoms with Gasteiger partial charge >= 0.3 is 0 Å². The van der Waals surface area contributed by atoms with Crippen LogP contribution < -0.4 is 10.1 Å². The van der Waals surface area contributed by atoms with Gasteiger partial charge < -0.3 is 10.1 Å². The van der Waals surface area contributed by atoms with Gasteiger partial charge in [-0.2, -0.15) is 0 Å². The SMILES string of the molecule is CCOc1ccc(NCc2c(Cl)ccc(Cl)c2Cl)cc1Cl. The highest BCUT2D eigenvalue weighted by Gasteiger charge is 2.10. The van der Waals surface area contributed by atoms with Gasteiger partial charge in [0, 0.05) is 22.8 Å². The number of nitrogens with one attached hydrogen (secondary N) is 1. The largest absolute Gasteiger partial charge is 0.492 e. The van der Waals surface area contributed by atoms with Crippen LogP contribution in [-0.2, 0) is 6.54 Å². The summed E-state index contributed by atoms with van der Waals surface area (Å²) in [6, 6.07) is 8.87. The molecule has 2 aromatic rings. The van der Waals surface area contributed by atoms with Crippen LogP contribution in [0.3, 0.4) is 0 Å². The molecule has 0 aliphatic rings. The van der Waals surface area contributed by atoms with Crippen molar-refractivity contribution < 1.29 is 4.74 Å². The second kappa shape index (κ2) is 7.46. The van der Waals surface area contributed by atoms with E-state index in [1.54, 1.807) is 18.2 Å². The van der Waals surface area contributed by atoms with Crippen molar-refractivity contribution in [3.8, 4) is 5.75 Å². The first-order chi connectivity index (χ1) is 10.0. The van der Waals surface area contributed by atoms with Gasteiger partial charge in [-0.15, -0.1) is 0 Å². The van der Waals surface area contributed by atoms with Crippen molar-refractivity contribution in [1.29, 1.82) is 0 Å². The molecule has 0 amide bonds. The number of rotatable bonds is 5. The van der Waals surface area contributed by atoms with E-state index in [0.29, 0.717) is 39.0 Å². The van der Waals surface area contributed by atoms with Crippen molar-refractivity contribution in [2.45, 2.75) is 13.5 Å². The van der Waals surface area contributed by atoms with Crippen molar-refractivity contribution in [3.05, 3.63) is 56.0 Å². The van der Waals surface area contributed by atoms with Crippen molar-refractivity contribution >= 4 is 52.1 Å². The average molecular weight is 365 g/mol. The molecule has 0 aromatic heterocycles. The standard InChI is InChI=1S/C15H13Cl4NO/c1-2-21-14-6-3-9(7-13(14)18)20-8-10-11(16)4-5-12(17)15(10)19/h3-7,20H,2,8H2,1H3. The van der Waals surface area contributed by atoms with Gasteiger partial charge in [0.2, 0.25) is 0 Å². The van der Waals surface area contributed by atoms with Gasteiger partial charge in [0.05, 0.1) is 21.7 Å². The Morgan fingerprint density at radius 1 is 0.952 bits per heavy atom. The third-order valence-corrected chi connectivity index (χ3v) is 4.33. The van der Waals surface area contributed by atoms with Gasteiger partial charge in [-0.25, -0.2) is 0 Å². The quantitative estimate of drug-likeness (QED) is 0.627. The maximum Gasteiger partial charge on any atom is 0.138 e. The first kappa shape index (κ1) is 16.6. The lowest BCUT2D eigenvalue weighted by Gasteiger charge is -2.12. The number of hydrogen-bond acceptors (Lipinski definition) is 2. The highest BCUT2D eigenvalue weighted by molar-refractivity contribution is 6.44. The molecule has 0 unspecified atom stereocenters. The summed E-state index contributed by atoms with van der Waals surface area (Å²) in [7, 11) is 0. The molecule has 2 rings (SSSR count). The highest BCUT2D eigenvalue weighted by Crippen LogP contribution is 2.33. The van der Waals surface area contributed by atoms with E-state index in [4.69, 9.17) is 51.1 Å². The zero-order chi connectivity index (χ0) is 15.4. The smallest absolute Gasteiger partial charge is 0.138 e. The summed E-state index contributed by atoms with van der Waals surface area (Å²) >= 11 is 24.4. The van der Waals surface area contributed by atoms with Crippen LogP contribution in [0.2, 0.25) is 20.1 Å². The summed E-state index contributed by atoms with van der Waals surface area (Å²) in [5, 5.41) is 5.25. The first-order valence-electron chi connectivity index (χ1n) is 6.31. The molecule has 2 aromatic carbocycles. The van der Waals surface area contributed by atoms with E-state index in [9.17, 15) is 0 Å². The van der Waals surface area contributed by atoms with Gasteiger partial charge in [-0.1, -0.05) is 46.4 Å². The third kappa shape index (κ3) is 4.10. The van der Waals surface area contributed by atoms with Gasteiger partial charge in [0.1, 0.15) is 5.75 Å². The molecule has 0 fully saturated rings. The second-order valence-corrected chi connectivity index (χ2v) is 5.85. The van der Waals surface area contributed by atoms with Crippen LogP contribution in [0.25, 0.3) is 0 Å². The van der Waals surface area contributed by atoms with E-state index in [1.807, 2.05) is 19.1 Å². The fourth-order valence-corrected chi connectivity index (χ4v) is 2.72. The van der Waals surface area contributed by atoms with Crippen LogP contribution in [0, 0.1) is 0 Å². The fourth-order valence-electron chi connectivity index (χ4n) is 1.80. The third-order valence-electron chi connectivity index (χ3n) is 2.84. The summed E-state index contributed by atoms with van der Waals surface area (Å²) in [4.78, 5) is 0. The van der Waals surface area contributed by atoms with E-state index in [2.05, 4.69) is 5.32 Å². The summed E-state index contributed by atoms with van der Waals surface area (Å²) < 4.78 is 5.39. The highest BCUT2D eigenvalue weighted by atomic mass is 35.5. The van der Waals surface area contributed by atoms with E-state index in [-0.39, 0.29) is 0 Å². The lowest BCUT2D eigenvalue weighted by molar-refractivity contribution is 0.340. The predicted molar refractivity (Wildman–Crippen MR) is 91.4 cm³/mol. The predicted octanol–water partition coefficient (Wildman–Crippen LogP) is 6.31. The molecule has 0 aliphatic heterocycles. The van der Waals surface area contributed by atoms with Crippen molar-refractivity contribution in [1.82, 2.24) is 0 Å². The number of anilines is 1. The molecule has 0 saturated heterocycles. The van der Waals surface area contributed by atoms with Crippen LogP contribution in [0.15, 0.2) is 30.3 Å². The van der Waals surface area contributed by atoms with Crippen LogP contribution in [0.1, 0.15) is 12.5 Å². The van der Waals surface area contributed by atoms with E-state index >= 15 is 0 Å². The lowest BCUT2D eigenvalue weighted by Crippen LogP contribution is -2.01. The molecule has 0 atom stereocenters. The zero-order valence-corrected chi connectivity index (χ0v) is 14.2. The van der Waals surface area contributed by atoms with Crippen LogP contribution >= 0.6 is 46.4 Å². The van der Waals surface area contributed by atoms with Gasteiger partial charge in [0.25, 0.3) is 0 Å². The zero-order valence-electron chi connectivity index (χ0n) is 11.2. The van der Waals surface area contributed by atoms with E-state index in [0.717, 1.165) is 11.3 Å². The number of halogens is 4. The number of benzene rings is 2. The molecule has 1 N–H and O–H groups in total. The summed E-state index contributed by atoms with van der Waals surface area (Å²) in [6.45, 7) is 2.92. The Labute approximate surface area is 143 Å². The topological polar surface area (TPSA) is 21.3 Å². The summed E-state index contributed by atoms with van der Waals surface area (Å²) in [5.41, 5.74) is 1.59. The normalized spacial score (nSPS) is 10.5. The molecule has 0 heterocycles. The average Bonchev–Trinajstić information content (AvgIpc) is 2.46. The summed E-state index contributed by atoms with van der Waals surface area (Å²) in [5.74, 6) is 0.656. The Kier molecular flexibility index (Phi) is 5.88. The Balaban J connectivity index is 2.14. The maximum absolute atomic E-state index is 6.16. The minimum Gasteiger partial charge on any atom is -0.492 e. The van der Waals surface area contributed by atoms with Crippen molar-refractivity contribution in [2.75, 3.05) is 11.9 Å². The van der Waals surface area contributed by atoms with E-state index in [1.165, 1.54) is 0 Å². The molecule has 0 aliphatic carbocycles. The molecule has 112 valence electrons. The lowest BCUT2D eigenvalue weighted by atomic mass is 10.2. The Morgan fingerprint density at radius 2 is 1.67 bits per heavy atom. The van der Waals surface area contributed by atoms with Crippen LogP contribution in [0.4, 0.5) is 5.69 Å². The fraction of sp³-hybridized carbons (Fsp3) is 0.200. The maximum atomic E-state index is 6.16. The van der Waals surface area contributed by atoms with Crippen molar-refractivity contribution in [3.63, 3.8) is 0 Å². The Bertz CT molecular complexity index is 646. The minimum atomic E-state index is 0.447. The molecule has 0 radical (unpaired) electrons. The molecular formula is C15H13Cl4NO.